The van der Waals surface area contributed by atoms with Gasteiger partial charge in [0.2, 0.25) is 0 Å². The molecule has 0 unspecified atom stereocenters. The second-order valence-electron chi connectivity index (χ2n) is 5.52. The Labute approximate surface area is 137 Å². The molecule has 0 spiro atoms. The van der Waals surface area contributed by atoms with Gasteiger partial charge in [-0.05, 0) is 31.5 Å². The molecular weight excluding hydrogens is 323 g/mol. The zero-order valence-corrected chi connectivity index (χ0v) is 13.5. The van der Waals surface area contributed by atoms with Crippen LogP contribution in [0.1, 0.15) is 39.0 Å². The molecule has 24 heavy (non-hydrogen) atoms. The van der Waals surface area contributed by atoms with Crippen LogP contribution in [0.15, 0.2) is 24.3 Å². The van der Waals surface area contributed by atoms with Crippen LogP contribution in [0, 0.1) is 13.8 Å². The number of nitrogens with zero attached hydrogens (tertiary/aromatic N) is 2. The molecule has 8 heteroatoms. The number of halogens is 3. The van der Waals surface area contributed by atoms with E-state index in [9.17, 15) is 23.1 Å². The second kappa shape index (κ2) is 6.64. The van der Waals surface area contributed by atoms with Crippen molar-refractivity contribution >= 4 is 5.91 Å². The van der Waals surface area contributed by atoms with Crippen molar-refractivity contribution in [2.24, 2.45) is 7.05 Å². The van der Waals surface area contributed by atoms with E-state index in [-0.39, 0.29) is 12.1 Å². The summed E-state index contributed by atoms with van der Waals surface area (Å²) in [6, 6.07) is 4.40. The number of nitrogens with one attached hydrogen (secondary N) is 1. The van der Waals surface area contributed by atoms with E-state index in [0.717, 1.165) is 12.1 Å². The lowest BCUT2D eigenvalue weighted by molar-refractivity contribution is -0.137. The van der Waals surface area contributed by atoms with Crippen molar-refractivity contribution < 1.29 is 23.1 Å². The van der Waals surface area contributed by atoms with Gasteiger partial charge >= 0.3 is 6.18 Å². The molecule has 0 aliphatic rings. The summed E-state index contributed by atoms with van der Waals surface area (Å²) < 4.78 is 39.7. The molecule has 1 aromatic carbocycles. The molecule has 0 fully saturated rings. The van der Waals surface area contributed by atoms with Gasteiger partial charge in [-0.2, -0.15) is 18.3 Å². The quantitative estimate of drug-likeness (QED) is 0.898. The number of rotatable bonds is 4. The van der Waals surface area contributed by atoms with E-state index in [1.54, 1.807) is 25.6 Å². The molecule has 130 valence electrons. The lowest BCUT2D eigenvalue weighted by atomic mass is 10.1. The number of aromatic nitrogens is 2. The summed E-state index contributed by atoms with van der Waals surface area (Å²) >= 11 is 0. The molecule has 2 rings (SSSR count). The first-order valence-corrected chi connectivity index (χ1v) is 7.25. The van der Waals surface area contributed by atoms with Crippen LogP contribution >= 0.6 is 0 Å². The Balaban J connectivity index is 2.08. The van der Waals surface area contributed by atoms with Gasteiger partial charge in [-0.15, -0.1) is 0 Å². The number of aryl methyl sites for hydroxylation is 2. The summed E-state index contributed by atoms with van der Waals surface area (Å²) in [5.41, 5.74) is 0.849. The summed E-state index contributed by atoms with van der Waals surface area (Å²) in [7, 11) is 1.70. The first-order valence-electron chi connectivity index (χ1n) is 7.25. The smallest absolute Gasteiger partial charge is 0.387 e. The molecule has 1 atom stereocenters. The Morgan fingerprint density at radius 2 is 2.04 bits per heavy atom. The monoisotopic (exact) mass is 341 g/mol. The molecule has 1 aromatic heterocycles. The Kier molecular flexibility index (Phi) is 4.98. The van der Waals surface area contributed by atoms with Gasteiger partial charge in [0.15, 0.2) is 0 Å². The largest absolute Gasteiger partial charge is 0.416 e. The zero-order chi connectivity index (χ0) is 18.1. The number of alkyl halides is 3. The van der Waals surface area contributed by atoms with Crippen LogP contribution in [0.25, 0.3) is 0 Å². The van der Waals surface area contributed by atoms with Crippen LogP contribution in [0.5, 0.6) is 0 Å². The number of benzene rings is 1. The van der Waals surface area contributed by atoms with Gasteiger partial charge in [-0.3, -0.25) is 9.48 Å². The first kappa shape index (κ1) is 18.0. The van der Waals surface area contributed by atoms with Gasteiger partial charge in [0.05, 0.1) is 22.9 Å². The van der Waals surface area contributed by atoms with E-state index in [2.05, 4.69) is 10.4 Å². The maximum Gasteiger partial charge on any atom is 0.416 e. The molecule has 0 saturated heterocycles. The SMILES string of the molecule is Cc1nn(C)c(C)c1C(=O)NC[C@@H](O)c1cccc(C(F)(F)F)c1. The van der Waals surface area contributed by atoms with Crippen LogP contribution in [0.2, 0.25) is 0 Å². The lowest BCUT2D eigenvalue weighted by Crippen LogP contribution is -2.29. The number of hydrogen-bond acceptors (Lipinski definition) is 3. The molecule has 0 bridgehead atoms. The molecule has 0 aliphatic carbocycles. The Morgan fingerprint density at radius 1 is 1.38 bits per heavy atom. The molecular formula is C16H18F3N3O2. The van der Waals surface area contributed by atoms with E-state index < -0.39 is 23.8 Å². The molecule has 2 N–H and O–H groups in total. The average Bonchev–Trinajstić information content (AvgIpc) is 2.76. The number of carbonyl (C=O) groups is 1. The highest BCUT2D eigenvalue weighted by Crippen LogP contribution is 2.30. The maximum absolute atomic E-state index is 12.7. The lowest BCUT2D eigenvalue weighted by Gasteiger charge is -2.14. The Hall–Kier alpha value is -2.35. The van der Waals surface area contributed by atoms with Crippen molar-refractivity contribution in [2.75, 3.05) is 6.54 Å². The molecule has 5 nitrogen and oxygen atoms in total. The van der Waals surface area contributed by atoms with E-state index in [1.807, 2.05) is 0 Å². The standard InChI is InChI=1S/C16H18F3N3O2/c1-9-14(10(2)22(3)21-9)15(24)20-8-13(23)11-5-4-6-12(7-11)16(17,18)19/h4-7,13,23H,8H2,1-3H3,(H,20,24)/t13-/m1/s1. The summed E-state index contributed by atoms with van der Waals surface area (Å²) in [5.74, 6) is -0.427. The summed E-state index contributed by atoms with van der Waals surface area (Å²) in [6.45, 7) is 3.22. The molecule has 0 saturated carbocycles. The third-order valence-electron chi connectivity index (χ3n) is 3.79. The van der Waals surface area contributed by atoms with Gasteiger partial charge in [-0.1, -0.05) is 12.1 Å². The highest BCUT2D eigenvalue weighted by molar-refractivity contribution is 5.96. The fraction of sp³-hybridized carbons (Fsp3) is 0.375. The topological polar surface area (TPSA) is 67.2 Å². The molecule has 1 heterocycles. The maximum atomic E-state index is 12.7. The summed E-state index contributed by atoms with van der Waals surface area (Å²) in [5, 5.41) is 16.7. The van der Waals surface area contributed by atoms with Crippen molar-refractivity contribution in [1.82, 2.24) is 15.1 Å². The van der Waals surface area contributed by atoms with Crippen LogP contribution in [-0.4, -0.2) is 27.3 Å². The average molecular weight is 341 g/mol. The predicted molar refractivity (Wildman–Crippen MR) is 81.4 cm³/mol. The third-order valence-corrected chi connectivity index (χ3v) is 3.79. The minimum atomic E-state index is -4.48. The molecule has 0 aliphatic heterocycles. The number of aliphatic hydroxyl groups is 1. The number of amides is 1. The number of hydrogen-bond donors (Lipinski definition) is 2. The van der Waals surface area contributed by atoms with Crippen molar-refractivity contribution in [3.8, 4) is 0 Å². The van der Waals surface area contributed by atoms with E-state index in [0.29, 0.717) is 17.0 Å². The van der Waals surface area contributed by atoms with E-state index in [4.69, 9.17) is 0 Å². The highest BCUT2D eigenvalue weighted by atomic mass is 19.4. The van der Waals surface area contributed by atoms with Crippen molar-refractivity contribution in [2.45, 2.75) is 26.1 Å². The van der Waals surface area contributed by atoms with Gasteiger partial charge in [0.1, 0.15) is 0 Å². The van der Waals surface area contributed by atoms with Crippen molar-refractivity contribution in [3.63, 3.8) is 0 Å². The highest BCUT2D eigenvalue weighted by Gasteiger charge is 2.31. The fourth-order valence-corrected chi connectivity index (χ4v) is 2.42. The predicted octanol–water partition coefficient (Wildman–Crippen LogP) is 2.52. The summed E-state index contributed by atoms with van der Waals surface area (Å²) in [4.78, 5) is 12.2. The number of carbonyl (C=O) groups excluding carboxylic acids is 1. The van der Waals surface area contributed by atoms with Crippen LogP contribution in [-0.2, 0) is 13.2 Å². The molecule has 0 radical (unpaired) electrons. The summed E-state index contributed by atoms with van der Waals surface area (Å²) in [6.07, 6.45) is -5.73. The number of aliphatic hydroxyl groups excluding tert-OH is 1. The second-order valence-corrected chi connectivity index (χ2v) is 5.52. The fourth-order valence-electron chi connectivity index (χ4n) is 2.42. The van der Waals surface area contributed by atoms with Crippen LogP contribution < -0.4 is 5.32 Å². The van der Waals surface area contributed by atoms with E-state index in [1.165, 1.54) is 12.1 Å². The minimum Gasteiger partial charge on any atom is -0.387 e. The Bertz CT molecular complexity index is 754. The van der Waals surface area contributed by atoms with E-state index >= 15 is 0 Å². The zero-order valence-electron chi connectivity index (χ0n) is 13.5. The third kappa shape index (κ3) is 3.76. The molecule has 2 aromatic rings. The molecule has 1 amide bonds. The van der Waals surface area contributed by atoms with Crippen LogP contribution in [0.4, 0.5) is 13.2 Å². The van der Waals surface area contributed by atoms with Gasteiger partial charge < -0.3 is 10.4 Å². The Morgan fingerprint density at radius 3 is 2.58 bits per heavy atom. The van der Waals surface area contributed by atoms with Gasteiger partial charge in [-0.25, -0.2) is 0 Å². The van der Waals surface area contributed by atoms with Crippen molar-refractivity contribution in [1.29, 1.82) is 0 Å². The van der Waals surface area contributed by atoms with Crippen LogP contribution in [0.3, 0.4) is 0 Å². The first-order chi connectivity index (χ1) is 11.1. The van der Waals surface area contributed by atoms with Crippen molar-refractivity contribution in [3.05, 3.63) is 52.3 Å². The minimum absolute atomic E-state index is 0.0877. The normalized spacial score (nSPS) is 13.0. The van der Waals surface area contributed by atoms with Gasteiger partial charge in [0, 0.05) is 19.3 Å². The van der Waals surface area contributed by atoms with Gasteiger partial charge in [0.25, 0.3) is 5.91 Å².